The Morgan fingerprint density at radius 2 is 1.95 bits per heavy atom. The van der Waals surface area contributed by atoms with Crippen molar-refractivity contribution in [3.63, 3.8) is 0 Å². The zero-order valence-corrected chi connectivity index (χ0v) is 12.9. The Kier molecular flexibility index (Phi) is 4.28. The van der Waals surface area contributed by atoms with Gasteiger partial charge in [0, 0.05) is 0 Å². The van der Waals surface area contributed by atoms with E-state index in [0.29, 0.717) is 12.1 Å². The number of benzene rings is 1. The van der Waals surface area contributed by atoms with Crippen LogP contribution in [0.25, 0.3) is 0 Å². The predicted octanol–water partition coefficient (Wildman–Crippen LogP) is 3.46. The molecule has 0 aliphatic heterocycles. The molecule has 3 nitrogen and oxygen atoms in total. The van der Waals surface area contributed by atoms with Crippen molar-refractivity contribution in [3.8, 4) is 5.75 Å². The van der Waals surface area contributed by atoms with Crippen molar-refractivity contribution in [2.45, 2.75) is 32.7 Å². The van der Waals surface area contributed by atoms with Gasteiger partial charge in [-0.2, -0.15) is 0 Å². The minimum atomic E-state index is -0.741. The maximum absolute atomic E-state index is 13.1. The summed E-state index contributed by atoms with van der Waals surface area (Å²) in [6.45, 7) is 5.98. The zero-order valence-electron chi connectivity index (χ0n) is 12.9. The number of ether oxygens (including phenoxy) is 1. The molecular formula is C17H21FN2O. The van der Waals surface area contributed by atoms with Crippen molar-refractivity contribution in [1.29, 1.82) is 0 Å². The number of hydrogen-bond donors (Lipinski definition) is 1. The number of pyridine rings is 1. The smallest absolute Gasteiger partial charge is 0.141 e. The summed E-state index contributed by atoms with van der Waals surface area (Å²) in [6.07, 6.45) is 1.87. The summed E-state index contributed by atoms with van der Waals surface area (Å²) in [5, 5.41) is 0. The molecule has 1 aromatic heterocycles. The third-order valence-electron chi connectivity index (χ3n) is 3.96. The molecule has 1 aromatic carbocycles. The molecule has 2 rings (SSSR count). The summed E-state index contributed by atoms with van der Waals surface area (Å²) in [7, 11) is 1.65. The summed E-state index contributed by atoms with van der Waals surface area (Å²) in [6, 6.07) is 7.05. The summed E-state index contributed by atoms with van der Waals surface area (Å²) >= 11 is 0. The van der Waals surface area contributed by atoms with E-state index in [1.54, 1.807) is 13.2 Å². The topological polar surface area (TPSA) is 48.1 Å². The highest BCUT2D eigenvalue weighted by Gasteiger charge is 2.31. The van der Waals surface area contributed by atoms with E-state index < -0.39 is 5.54 Å². The summed E-state index contributed by atoms with van der Waals surface area (Å²) in [4.78, 5) is 4.18. The third kappa shape index (κ3) is 2.76. The summed E-state index contributed by atoms with van der Waals surface area (Å²) in [5.41, 5.74) is 9.59. The van der Waals surface area contributed by atoms with E-state index in [-0.39, 0.29) is 5.82 Å². The van der Waals surface area contributed by atoms with Crippen LogP contribution in [0, 0.1) is 19.7 Å². The molecule has 2 N–H and O–H groups in total. The molecular weight excluding hydrogens is 267 g/mol. The molecule has 0 aliphatic carbocycles. The Bertz CT molecular complexity index is 640. The van der Waals surface area contributed by atoms with Crippen LogP contribution in [0.2, 0.25) is 0 Å². The van der Waals surface area contributed by atoms with Crippen molar-refractivity contribution in [3.05, 3.63) is 58.7 Å². The second kappa shape index (κ2) is 5.82. The van der Waals surface area contributed by atoms with E-state index in [2.05, 4.69) is 4.98 Å². The molecule has 21 heavy (non-hydrogen) atoms. The molecule has 0 fully saturated rings. The Morgan fingerprint density at radius 1 is 1.24 bits per heavy atom. The molecule has 1 unspecified atom stereocenters. The van der Waals surface area contributed by atoms with Crippen molar-refractivity contribution in [2.75, 3.05) is 7.11 Å². The van der Waals surface area contributed by atoms with Crippen molar-refractivity contribution < 1.29 is 9.13 Å². The van der Waals surface area contributed by atoms with Gasteiger partial charge in [-0.25, -0.2) is 4.39 Å². The number of aromatic nitrogens is 1. The van der Waals surface area contributed by atoms with Gasteiger partial charge in [-0.1, -0.05) is 6.92 Å². The van der Waals surface area contributed by atoms with Crippen LogP contribution in [-0.4, -0.2) is 12.1 Å². The monoisotopic (exact) mass is 288 g/mol. The van der Waals surface area contributed by atoms with Gasteiger partial charge in [0.1, 0.15) is 11.6 Å². The number of nitrogens with zero attached hydrogens (tertiary/aromatic N) is 1. The minimum Gasteiger partial charge on any atom is -0.496 e. The van der Waals surface area contributed by atoms with Gasteiger partial charge in [-0.05, 0) is 61.2 Å². The average molecular weight is 288 g/mol. The molecule has 0 aliphatic rings. The van der Waals surface area contributed by atoms with Crippen LogP contribution >= 0.6 is 0 Å². The molecule has 2 aromatic rings. The quantitative estimate of drug-likeness (QED) is 0.937. The first-order chi connectivity index (χ1) is 9.92. The molecule has 0 radical (unpaired) electrons. The maximum atomic E-state index is 13.1. The molecule has 112 valence electrons. The van der Waals surface area contributed by atoms with Crippen LogP contribution in [0.5, 0.6) is 5.75 Å². The number of rotatable bonds is 4. The standard InChI is InChI=1S/C17H21FN2O/c1-5-17(19,16-7-6-13(18)10-20-16)14-8-12(3)15(21-4)9-11(14)2/h6-10H,5,19H2,1-4H3. The lowest BCUT2D eigenvalue weighted by molar-refractivity contribution is 0.410. The minimum absolute atomic E-state index is 0.361. The molecule has 4 heteroatoms. The zero-order chi connectivity index (χ0) is 15.6. The molecule has 0 saturated carbocycles. The number of hydrogen-bond acceptors (Lipinski definition) is 3. The van der Waals surface area contributed by atoms with E-state index in [1.807, 2.05) is 32.9 Å². The molecule has 1 atom stereocenters. The molecule has 1 heterocycles. The molecule has 0 saturated heterocycles. The predicted molar refractivity (Wildman–Crippen MR) is 81.9 cm³/mol. The van der Waals surface area contributed by atoms with Crippen LogP contribution in [0.15, 0.2) is 30.5 Å². The van der Waals surface area contributed by atoms with E-state index in [0.717, 1.165) is 22.4 Å². The van der Waals surface area contributed by atoms with Gasteiger partial charge >= 0.3 is 0 Å². The van der Waals surface area contributed by atoms with Crippen LogP contribution in [0.4, 0.5) is 4.39 Å². The molecule has 0 bridgehead atoms. The number of methoxy groups -OCH3 is 1. The summed E-state index contributed by atoms with van der Waals surface area (Å²) < 4.78 is 18.4. The van der Waals surface area contributed by atoms with E-state index in [4.69, 9.17) is 10.5 Å². The van der Waals surface area contributed by atoms with Gasteiger partial charge in [-0.3, -0.25) is 4.98 Å². The lowest BCUT2D eigenvalue weighted by Crippen LogP contribution is -2.39. The van der Waals surface area contributed by atoms with Gasteiger partial charge < -0.3 is 10.5 Å². The normalized spacial score (nSPS) is 13.8. The maximum Gasteiger partial charge on any atom is 0.141 e. The fraction of sp³-hybridized carbons (Fsp3) is 0.353. The van der Waals surface area contributed by atoms with E-state index in [1.165, 1.54) is 12.3 Å². The Balaban J connectivity index is 2.59. The lowest BCUT2D eigenvalue weighted by Gasteiger charge is -2.30. The molecule has 0 amide bonds. The van der Waals surface area contributed by atoms with Crippen LogP contribution < -0.4 is 10.5 Å². The van der Waals surface area contributed by atoms with E-state index >= 15 is 0 Å². The Labute approximate surface area is 125 Å². The Morgan fingerprint density at radius 3 is 2.48 bits per heavy atom. The number of nitrogens with two attached hydrogens (primary N) is 1. The van der Waals surface area contributed by atoms with Crippen LogP contribution in [0.3, 0.4) is 0 Å². The van der Waals surface area contributed by atoms with Gasteiger partial charge in [0.2, 0.25) is 0 Å². The highest BCUT2D eigenvalue weighted by atomic mass is 19.1. The van der Waals surface area contributed by atoms with Crippen molar-refractivity contribution in [1.82, 2.24) is 4.98 Å². The van der Waals surface area contributed by atoms with Crippen LogP contribution in [-0.2, 0) is 5.54 Å². The van der Waals surface area contributed by atoms with Gasteiger partial charge in [-0.15, -0.1) is 0 Å². The number of halogens is 1. The lowest BCUT2D eigenvalue weighted by atomic mass is 9.81. The van der Waals surface area contributed by atoms with Crippen molar-refractivity contribution >= 4 is 0 Å². The Hall–Kier alpha value is -1.94. The highest BCUT2D eigenvalue weighted by molar-refractivity contribution is 5.47. The summed E-state index contributed by atoms with van der Waals surface area (Å²) in [5.74, 6) is 0.474. The van der Waals surface area contributed by atoms with Crippen molar-refractivity contribution in [2.24, 2.45) is 5.73 Å². The first-order valence-electron chi connectivity index (χ1n) is 6.99. The van der Waals surface area contributed by atoms with E-state index in [9.17, 15) is 4.39 Å². The fourth-order valence-electron chi connectivity index (χ4n) is 2.64. The van der Waals surface area contributed by atoms with Gasteiger partial charge in [0.15, 0.2) is 0 Å². The average Bonchev–Trinajstić information content (AvgIpc) is 2.49. The first-order valence-corrected chi connectivity index (χ1v) is 6.99. The second-order valence-corrected chi connectivity index (χ2v) is 5.32. The largest absolute Gasteiger partial charge is 0.496 e. The van der Waals surface area contributed by atoms with Gasteiger partial charge in [0.25, 0.3) is 0 Å². The van der Waals surface area contributed by atoms with Crippen LogP contribution in [0.1, 0.15) is 35.7 Å². The van der Waals surface area contributed by atoms with Gasteiger partial charge in [0.05, 0.1) is 24.5 Å². The SMILES string of the molecule is CCC(N)(c1ccc(F)cn1)c1cc(C)c(OC)cc1C. The number of aryl methyl sites for hydroxylation is 2. The molecule has 0 spiro atoms. The third-order valence-corrected chi connectivity index (χ3v) is 3.96. The highest BCUT2D eigenvalue weighted by Crippen LogP contribution is 2.34. The second-order valence-electron chi connectivity index (χ2n) is 5.32. The first kappa shape index (κ1) is 15.4. The fourth-order valence-corrected chi connectivity index (χ4v) is 2.64.